The Morgan fingerprint density at radius 3 is 2.43 bits per heavy atom. The fraction of sp³-hybridized carbons (Fsp3) is 0.429. The van der Waals surface area contributed by atoms with Crippen LogP contribution in [-0.2, 0) is 11.3 Å². The monoisotopic (exact) mass is 312 g/mol. The first-order valence-corrected chi connectivity index (χ1v) is 7.22. The molecule has 0 aliphatic heterocycles. The minimum Gasteiger partial charge on any atom is -0.355 e. The van der Waals surface area contributed by atoms with Crippen LogP contribution in [0.25, 0.3) is 0 Å². The molecule has 1 aromatic rings. The molecule has 7 heteroatoms. The summed E-state index contributed by atoms with van der Waals surface area (Å²) in [4.78, 5) is 22.9. The van der Waals surface area contributed by atoms with Gasteiger partial charge in [0.1, 0.15) is 0 Å². The minimum absolute atomic E-state index is 0.0466. The molecule has 0 saturated heterocycles. The lowest BCUT2D eigenvalue weighted by Gasteiger charge is -2.08. The van der Waals surface area contributed by atoms with Crippen molar-refractivity contribution in [2.45, 2.75) is 19.4 Å². The molecule has 0 aromatic heterocycles. The topological polar surface area (TPSA) is 96.2 Å². The predicted molar refractivity (Wildman–Crippen MR) is 83.0 cm³/mol. The van der Waals surface area contributed by atoms with E-state index in [0.29, 0.717) is 24.7 Å². The molecule has 0 radical (unpaired) electrons. The molecule has 0 aliphatic rings. The number of unbranched alkanes of at least 4 members (excludes halogenated alkanes) is 1. The molecule has 0 spiro atoms. The zero-order valence-corrected chi connectivity index (χ0v) is 12.6. The van der Waals surface area contributed by atoms with Crippen molar-refractivity contribution in [3.05, 3.63) is 34.9 Å². The minimum atomic E-state index is -0.387. The molecule has 0 aliphatic carbocycles. The molecular formula is C14H21ClN4O2. The Morgan fingerprint density at radius 2 is 1.76 bits per heavy atom. The second kappa shape index (κ2) is 10.0. The molecule has 0 atom stereocenters. The smallest absolute Gasteiger partial charge is 0.315 e. The number of carbonyl (C=O) groups is 2. The van der Waals surface area contributed by atoms with Crippen molar-refractivity contribution >= 4 is 23.5 Å². The van der Waals surface area contributed by atoms with Crippen LogP contribution in [0, 0.1) is 0 Å². The number of hydrogen-bond donors (Lipinski definition) is 4. The van der Waals surface area contributed by atoms with E-state index in [2.05, 4.69) is 16.0 Å². The van der Waals surface area contributed by atoms with Crippen LogP contribution in [0.15, 0.2) is 24.3 Å². The quantitative estimate of drug-likeness (QED) is 0.539. The highest BCUT2D eigenvalue weighted by Gasteiger charge is 2.04. The maximum absolute atomic E-state index is 11.5. The molecule has 5 N–H and O–H groups in total. The van der Waals surface area contributed by atoms with Gasteiger partial charge < -0.3 is 21.7 Å². The molecule has 1 rings (SSSR count). The van der Waals surface area contributed by atoms with Gasteiger partial charge in [0.05, 0.1) is 6.54 Å². The summed E-state index contributed by atoms with van der Waals surface area (Å²) in [5.41, 5.74) is 6.28. The fourth-order valence-electron chi connectivity index (χ4n) is 1.57. The first-order valence-electron chi connectivity index (χ1n) is 6.84. The van der Waals surface area contributed by atoms with Crippen molar-refractivity contribution in [1.82, 2.24) is 16.0 Å². The van der Waals surface area contributed by atoms with Crippen LogP contribution in [0.4, 0.5) is 4.79 Å². The van der Waals surface area contributed by atoms with E-state index in [1.54, 1.807) is 12.1 Å². The summed E-state index contributed by atoms with van der Waals surface area (Å²) in [7, 11) is 0. The fourth-order valence-corrected chi connectivity index (χ4v) is 1.69. The number of carbonyl (C=O) groups excluding carboxylic acids is 2. The van der Waals surface area contributed by atoms with E-state index in [0.717, 1.165) is 18.4 Å². The summed E-state index contributed by atoms with van der Waals surface area (Å²) in [5, 5.41) is 8.50. The van der Waals surface area contributed by atoms with E-state index in [9.17, 15) is 9.59 Å². The van der Waals surface area contributed by atoms with Gasteiger partial charge in [-0.1, -0.05) is 23.7 Å². The number of benzene rings is 1. The van der Waals surface area contributed by atoms with Crippen LogP contribution in [0.5, 0.6) is 0 Å². The Balaban J connectivity index is 2.13. The van der Waals surface area contributed by atoms with Gasteiger partial charge >= 0.3 is 6.03 Å². The highest BCUT2D eigenvalue weighted by atomic mass is 35.5. The van der Waals surface area contributed by atoms with Crippen molar-refractivity contribution in [2.75, 3.05) is 19.6 Å². The standard InChI is InChI=1S/C14H21ClN4O2/c15-12-5-3-11(4-6-12)9-18-14(21)19-10-13(20)17-8-2-1-7-16/h3-6H,1-2,7-10,16H2,(H,17,20)(H2,18,19,21). The van der Waals surface area contributed by atoms with E-state index in [1.165, 1.54) is 0 Å². The van der Waals surface area contributed by atoms with Gasteiger partial charge in [-0.25, -0.2) is 4.79 Å². The van der Waals surface area contributed by atoms with Gasteiger partial charge in [-0.2, -0.15) is 0 Å². The summed E-state index contributed by atoms with van der Waals surface area (Å²) in [5.74, 6) is -0.214. The number of rotatable bonds is 8. The summed E-state index contributed by atoms with van der Waals surface area (Å²) in [6.07, 6.45) is 1.71. The van der Waals surface area contributed by atoms with Crippen LogP contribution in [0.2, 0.25) is 5.02 Å². The average Bonchev–Trinajstić information content (AvgIpc) is 2.49. The van der Waals surface area contributed by atoms with Gasteiger partial charge in [-0.15, -0.1) is 0 Å². The summed E-state index contributed by atoms with van der Waals surface area (Å²) in [6.45, 7) is 1.52. The normalized spacial score (nSPS) is 10.0. The van der Waals surface area contributed by atoms with Gasteiger partial charge in [-0.3, -0.25) is 4.79 Å². The molecule has 0 fully saturated rings. The molecule has 3 amide bonds. The molecule has 116 valence electrons. The molecule has 0 heterocycles. The Kier molecular flexibility index (Phi) is 8.23. The second-order valence-electron chi connectivity index (χ2n) is 4.51. The largest absolute Gasteiger partial charge is 0.355 e. The maximum Gasteiger partial charge on any atom is 0.315 e. The van der Waals surface area contributed by atoms with E-state index in [4.69, 9.17) is 17.3 Å². The first-order chi connectivity index (χ1) is 10.1. The van der Waals surface area contributed by atoms with Crippen LogP contribution < -0.4 is 21.7 Å². The van der Waals surface area contributed by atoms with Crippen molar-refractivity contribution in [3.8, 4) is 0 Å². The number of nitrogens with two attached hydrogens (primary N) is 1. The van der Waals surface area contributed by atoms with Gasteiger partial charge in [0.15, 0.2) is 0 Å². The van der Waals surface area contributed by atoms with E-state index in [-0.39, 0.29) is 18.5 Å². The average molecular weight is 313 g/mol. The van der Waals surface area contributed by atoms with Gasteiger partial charge in [0.2, 0.25) is 5.91 Å². The number of nitrogens with one attached hydrogen (secondary N) is 3. The van der Waals surface area contributed by atoms with Crippen LogP contribution in [-0.4, -0.2) is 31.6 Å². The lowest BCUT2D eigenvalue weighted by molar-refractivity contribution is -0.120. The zero-order chi connectivity index (χ0) is 15.5. The van der Waals surface area contributed by atoms with E-state index in [1.807, 2.05) is 12.1 Å². The van der Waals surface area contributed by atoms with Crippen molar-refractivity contribution in [3.63, 3.8) is 0 Å². The van der Waals surface area contributed by atoms with Crippen LogP contribution in [0.1, 0.15) is 18.4 Å². The Morgan fingerprint density at radius 1 is 1.05 bits per heavy atom. The molecule has 6 nitrogen and oxygen atoms in total. The third-order valence-corrected chi connectivity index (χ3v) is 2.98. The molecule has 0 bridgehead atoms. The third kappa shape index (κ3) is 8.16. The molecule has 21 heavy (non-hydrogen) atoms. The van der Waals surface area contributed by atoms with Gasteiger partial charge in [0.25, 0.3) is 0 Å². The number of amides is 3. The number of urea groups is 1. The van der Waals surface area contributed by atoms with Crippen molar-refractivity contribution < 1.29 is 9.59 Å². The van der Waals surface area contributed by atoms with Gasteiger partial charge in [-0.05, 0) is 37.1 Å². The van der Waals surface area contributed by atoms with Gasteiger partial charge in [0, 0.05) is 18.1 Å². The van der Waals surface area contributed by atoms with Crippen molar-refractivity contribution in [2.24, 2.45) is 5.73 Å². The summed E-state index contributed by atoms with van der Waals surface area (Å²) < 4.78 is 0. The zero-order valence-electron chi connectivity index (χ0n) is 11.8. The molecule has 0 saturated carbocycles. The van der Waals surface area contributed by atoms with E-state index < -0.39 is 0 Å². The molecular weight excluding hydrogens is 292 g/mol. The lowest BCUT2D eigenvalue weighted by Crippen LogP contribution is -2.42. The Hall–Kier alpha value is -1.79. The molecule has 0 unspecified atom stereocenters. The SMILES string of the molecule is NCCCCNC(=O)CNC(=O)NCc1ccc(Cl)cc1. The Bertz CT molecular complexity index is 451. The summed E-state index contributed by atoms with van der Waals surface area (Å²) in [6, 6.07) is 6.78. The maximum atomic E-state index is 11.5. The summed E-state index contributed by atoms with van der Waals surface area (Å²) >= 11 is 5.77. The predicted octanol–water partition coefficient (Wildman–Crippen LogP) is 0.994. The first kappa shape index (κ1) is 17.3. The second-order valence-corrected chi connectivity index (χ2v) is 4.94. The lowest BCUT2D eigenvalue weighted by atomic mass is 10.2. The molecule has 1 aromatic carbocycles. The number of hydrogen-bond acceptors (Lipinski definition) is 3. The Labute approximate surface area is 129 Å². The highest BCUT2D eigenvalue weighted by Crippen LogP contribution is 2.08. The van der Waals surface area contributed by atoms with Crippen LogP contribution >= 0.6 is 11.6 Å². The highest BCUT2D eigenvalue weighted by molar-refractivity contribution is 6.30. The van der Waals surface area contributed by atoms with E-state index >= 15 is 0 Å². The number of halogens is 1. The third-order valence-electron chi connectivity index (χ3n) is 2.73. The van der Waals surface area contributed by atoms with Crippen molar-refractivity contribution in [1.29, 1.82) is 0 Å². The van der Waals surface area contributed by atoms with Crippen LogP contribution in [0.3, 0.4) is 0 Å².